The number of halogens is 2. The smallest absolute Gasteiger partial charge is 0.255 e. The van der Waals surface area contributed by atoms with E-state index in [0.29, 0.717) is 10.6 Å². The molecule has 0 bridgehead atoms. The van der Waals surface area contributed by atoms with Crippen molar-refractivity contribution >= 4 is 44.8 Å². The van der Waals surface area contributed by atoms with Gasteiger partial charge in [0.2, 0.25) is 0 Å². The van der Waals surface area contributed by atoms with Crippen LogP contribution in [-0.4, -0.2) is 23.9 Å². The second-order valence-electron chi connectivity index (χ2n) is 4.67. The molecule has 2 aromatic rings. The first-order chi connectivity index (χ1) is 9.49. The highest BCUT2D eigenvalue weighted by Crippen LogP contribution is 2.23. The van der Waals surface area contributed by atoms with Crippen molar-refractivity contribution in [3.63, 3.8) is 0 Å². The number of carbonyl (C=O) groups is 1. The van der Waals surface area contributed by atoms with Gasteiger partial charge in [-0.05, 0) is 36.6 Å². The lowest BCUT2D eigenvalue weighted by Gasteiger charge is -2.25. The number of rotatable bonds is 4. The van der Waals surface area contributed by atoms with E-state index in [-0.39, 0.29) is 11.9 Å². The molecule has 5 heteroatoms. The summed E-state index contributed by atoms with van der Waals surface area (Å²) < 4.78 is 0.851. The van der Waals surface area contributed by atoms with Crippen LogP contribution < -0.4 is 0 Å². The summed E-state index contributed by atoms with van der Waals surface area (Å²) in [6, 6.07) is 9.56. The zero-order valence-corrected chi connectivity index (χ0v) is 14.4. The first kappa shape index (κ1) is 15.5. The van der Waals surface area contributed by atoms with Gasteiger partial charge >= 0.3 is 0 Å². The van der Waals surface area contributed by atoms with Gasteiger partial charge in [-0.15, -0.1) is 11.3 Å². The molecule has 0 fully saturated rings. The average Bonchev–Trinajstić information content (AvgIpc) is 2.92. The minimum Gasteiger partial charge on any atom is -0.339 e. The highest BCUT2D eigenvalue weighted by molar-refractivity contribution is 9.10. The van der Waals surface area contributed by atoms with Crippen LogP contribution in [0.2, 0.25) is 5.02 Å². The summed E-state index contributed by atoms with van der Waals surface area (Å²) >= 11 is 11.2. The summed E-state index contributed by atoms with van der Waals surface area (Å²) in [5, 5.41) is 2.53. The summed E-state index contributed by atoms with van der Waals surface area (Å²) in [6.45, 7) is 2.05. The van der Waals surface area contributed by atoms with Crippen molar-refractivity contribution in [2.75, 3.05) is 7.05 Å². The van der Waals surface area contributed by atoms with E-state index >= 15 is 0 Å². The summed E-state index contributed by atoms with van der Waals surface area (Å²) in [6.07, 6.45) is 0.853. The van der Waals surface area contributed by atoms with Crippen LogP contribution in [-0.2, 0) is 6.42 Å². The fourth-order valence-corrected chi connectivity index (χ4v) is 3.29. The molecular formula is C15H15BrClNOS. The Morgan fingerprint density at radius 2 is 2.20 bits per heavy atom. The SMILES string of the molecule is CC(Cc1cccs1)N(C)C(=O)c1cc(Br)ccc1Cl. The number of hydrogen-bond donors (Lipinski definition) is 0. The molecule has 1 heterocycles. The first-order valence-electron chi connectivity index (χ1n) is 6.23. The van der Waals surface area contributed by atoms with Crippen LogP contribution in [0.25, 0.3) is 0 Å². The molecule has 106 valence electrons. The van der Waals surface area contributed by atoms with E-state index in [2.05, 4.69) is 27.4 Å². The van der Waals surface area contributed by atoms with Gasteiger partial charge < -0.3 is 4.90 Å². The Hall–Kier alpha value is -0.840. The minimum absolute atomic E-state index is 0.0552. The first-order valence-corrected chi connectivity index (χ1v) is 8.28. The van der Waals surface area contributed by atoms with Gasteiger partial charge in [-0.1, -0.05) is 33.6 Å². The van der Waals surface area contributed by atoms with Crippen LogP contribution in [0.4, 0.5) is 0 Å². The quantitative estimate of drug-likeness (QED) is 0.750. The Balaban J connectivity index is 2.13. The van der Waals surface area contributed by atoms with Crippen molar-refractivity contribution in [2.45, 2.75) is 19.4 Å². The van der Waals surface area contributed by atoms with Gasteiger partial charge in [0.25, 0.3) is 5.91 Å². The fraction of sp³-hybridized carbons (Fsp3) is 0.267. The number of thiophene rings is 1. The third-order valence-corrected chi connectivity index (χ3v) is 4.94. The lowest BCUT2D eigenvalue weighted by molar-refractivity contribution is 0.0744. The predicted molar refractivity (Wildman–Crippen MR) is 88.7 cm³/mol. The number of hydrogen-bond acceptors (Lipinski definition) is 2. The molecule has 2 rings (SSSR count). The number of likely N-dealkylation sites (N-methyl/N-ethyl adjacent to an activating group) is 1. The average molecular weight is 373 g/mol. The van der Waals surface area contributed by atoms with E-state index in [4.69, 9.17) is 11.6 Å². The molecule has 0 saturated heterocycles. The van der Waals surface area contributed by atoms with Crippen LogP contribution >= 0.6 is 38.9 Å². The highest BCUT2D eigenvalue weighted by atomic mass is 79.9. The lowest BCUT2D eigenvalue weighted by atomic mass is 10.1. The maximum Gasteiger partial charge on any atom is 0.255 e. The summed E-state index contributed by atoms with van der Waals surface area (Å²) in [5.41, 5.74) is 0.529. The maximum atomic E-state index is 12.5. The van der Waals surface area contributed by atoms with Gasteiger partial charge in [-0.3, -0.25) is 4.79 Å². The standard InChI is InChI=1S/C15H15BrClNOS/c1-10(8-12-4-3-7-20-12)18(2)15(19)13-9-11(16)5-6-14(13)17/h3-7,9-10H,8H2,1-2H3. The molecule has 0 N–H and O–H groups in total. The second-order valence-corrected chi connectivity index (χ2v) is 7.03. The zero-order valence-electron chi connectivity index (χ0n) is 11.3. The van der Waals surface area contributed by atoms with Crippen molar-refractivity contribution in [1.82, 2.24) is 4.90 Å². The lowest BCUT2D eigenvalue weighted by Crippen LogP contribution is -2.36. The van der Waals surface area contributed by atoms with E-state index < -0.39 is 0 Å². The molecular weight excluding hydrogens is 358 g/mol. The van der Waals surface area contributed by atoms with Crippen molar-refractivity contribution < 1.29 is 4.79 Å². The van der Waals surface area contributed by atoms with Gasteiger partial charge in [-0.2, -0.15) is 0 Å². The molecule has 1 amide bonds. The van der Waals surface area contributed by atoms with Crippen LogP contribution in [0.1, 0.15) is 22.2 Å². The normalized spacial score (nSPS) is 12.2. The molecule has 1 aromatic heterocycles. The molecule has 0 aliphatic carbocycles. The molecule has 0 spiro atoms. The Labute approximate surface area is 136 Å². The maximum absolute atomic E-state index is 12.5. The summed E-state index contributed by atoms with van der Waals surface area (Å²) in [7, 11) is 1.82. The molecule has 2 nitrogen and oxygen atoms in total. The van der Waals surface area contributed by atoms with Crippen molar-refractivity contribution in [3.8, 4) is 0 Å². The van der Waals surface area contributed by atoms with E-state index in [1.54, 1.807) is 28.4 Å². The molecule has 1 atom stereocenters. The Morgan fingerprint density at radius 3 is 2.85 bits per heavy atom. The zero-order chi connectivity index (χ0) is 14.7. The van der Waals surface area contributed by atoms with Gasteiger partial charge in [-0.25, -0.2) is 0 Å². The Kier molecular flexibility index (Phi) is 5.24. The van der Waals surface area contributed by atoms with Gasteiger partial charge in [0.15, 0.2) is 0 Å². The predicted octanol–water partition coefficient (Wildman–Crippen LogP) is 4.87. The number of benzene rings is 1. The molecule has 0 radical (unpaired) electrons. The third-order valence-electron chi connectivity index (χ3n) is 3.22. The van der Waals surface area contributed by atoms with Crippen LogP contribution in [0.5, 0.6) is 0 Å². The summed E-state index contributed by atoms with van der Waals surface area (Å²) in [4.78, 5) is 15.5. The van der Waals surface area contributed by atoms with Crippen LogP contribution in [0, 0.1) is 0 Å². The summed E-state index contributed by atoms with van der Waals surface area (Å²) in [5.74, 6) is -0.0552. The largest absolute Gasteiger partial charge is 0.339 e. The Morgan fingerprint density at radius 1 is 1.45 bits per heavy atom. The van der Waals surface area contributed by atoms with E-state index in [9.17, 15) is 4.79 Å². The molecule has 0 saturated carbocycles. The third kappa shape index (κ3) is 3.62. The Bertz CT molecular complexity index is 600. The molecule has 1 aromatic carbocycles. The van der Waals surface area contributed by atoms with Crippen LogP contribution in [0.15, 0.2) is 40.2 Å². The van der Waals surface area contributed by atoms with E-state index in [1.807, 2.05) is 26.1 Å². The molecule has 1 unspecified atom stereocenters. The van der Waals surface area contributed by atoms with E-state index in [1.165, 1.54) is 4.88 Å². The van der Waals surface area contributed by atoms with Gasteiger partial charge in [0.1, 0.15) is 0 Å². The number of amides is 1. The highest BCUT2D eigenvalue weighted by Gasteiger charge is 2.20. The number of carbonyl (C=O) groups excluding carboxylic acids is 1. The fourth-order valence-electron chi connectivity index (χ4n) is 1.91. The second kappa shape index (κ2) is 6.74. The molecule has 20 heavy (non-hydrogen) atoms. The van der Waals surface area contributed by atoms with Gasteiger partial charge in [0, 0.05) is 28.9 Å². The number of nitrogens with zero attached hydrogens (tertiary/aromatic N) is 1. The van der Waals surface area contributed by atoms with Crippen molar-refractivity contribution in [2.24, 2.45) is 0 Å². The van der Waals surface area contributed by atoms with Crippen molar-refractivity contribution in [1.29, 1.82) is 0 Å². The van der Waals surface area contributed by atoms with Crippen LogP contribution in [0.3, 0.4) is 0 Å². The van der Waals surface area contributed by atoms with Crippen molar-refractivity contribution in [3.05, 3.63) is 55.6 Å². The molecule has 0 aliphatic heterocycles. The van der Waals surface area contributed by atoms with Gasteiger partial charge in [0.05, 0.1) is 10.6 Å². The monoisotopic (exact) mass is 371 g/mol. The van der Waals surface area contributed by atoms with E-state index in [0.717, 1.165) is 10.9 Å². The topological polar surface area (TPSA) is 20.3 Å². The minimum atomic E-state index is -0.0552. The molecule has 0 aliphatic rings.